The molecule has 6 heteroatoms. The van der Waals surface area contributed by atoms with Gasteiger partial charge < -0.3 is 10.2 Å². The van der Waals surface area contributed by atoms with E-state index in [1.54, 1.807) is 15.6 Å². The van der Waals surface area contributed by atoms with Crippen LogP contribution in [-0.4, -0.2) is 39.6 Å². The Labute approximate surface area is 157 Å². The summed E-state index contributed by atoms with van der Waals surface area (Å²) in [6, 6.07) is 21.3. The van der Waals surface area contributed by atoms with Crippen molar-refractivity contribution in [2.45, 2.75) is 13.1 Å². The standard InChI is InChI=1S/C21H20N4O2/c26-20(22-14-16-7-3-1-4-8-16)15-24-11-12-25-19(21(24)27)13-18(23-25)17-9-5-2-6-10-17/h1-10,13H,11-12,14-15H2,(H,22,26). The summed E-state index contributed by atoms with van der Waals surface area (Å²) in [7, 11) is 0. The Balaban J connectivity index is 1.41. The van der Waals surface area contributed by atoms with E-state index in [2.05, 4.69) is 10.4 Å². The first-order valence-electron chi connectivity index (χ1n) is 8.94. The van der Waals surface area contributed by atoms with Crippen molar-refractivity contribution in [3.05, 3.63) is 78.0 Å². The van der Waals surface area contributed by atoms with Crippen LogP contribution in [0.2, 0.25) is 0 Å². The Kier molecular flexibility index (Phi) is 4.70. The van der Waals surface area contributed by atoms with E-state index < -0.39 is 0 Å². The first-order valence-corrected chi connectivity index (χ1v) is 8.94. The van der Waals surface area contributed by atoms with Crippen molar-refractivity contribution in [1.29, 1.82) is 0 Å². The van der Waals surface area contributed by atoms with E-state index in [-0.39, 0.29) is 18.4 Å². The van der Waals surface area contributed by atoms with E-state index in [1.165, 1.54) is 0 Å². The van der Waals surface area contributed by atoms with E-state index in [1.807, 2.05) is 60.7 Å². The van der Waals surface area contributed by atoms with Gasteiger partial charge >= 0.3 is 0 Å². The molecule has 3 aromatic rings. The van der Waals surface area contributed by atoms with Crippen molar-refractivity contribution in [2.75, 3.05) is 13.1 Å². The molecule has 0 saturated carbocycles. The Morgan fingerprint density at radius 2 is 1.70 bits per heavy atom. The lowest BCUT2D eigenvalue weighted by atomic mass is 10.1. The van der Waals surface area contributed by atoms with Crippen molar-refractivity contribution in [3.63, 3.8) is 0 Å². The molecule has 2 amide bonds. The molecular formula is C21H20N4O2. The third-order valence-corrected chi connectivity index (χ3v) is 4.60. The van der Waals surface area contributed by atoms with Crippen LogP contribution in [-0.2, 0) is 17.9 Å². The Morgan fingerprint density at radius 1 is 1.00 bits per heavy atom. The molecule has 0 saturated heterocycles. The minimum Gasteiger partial charge on any atom is -0.350 e. The average molecular weight is 360 g/mol. The van der Waals surface area contributed by atoms with Crippen LogP contribution in [0.25, 0.3) is 11.3 Å². The van der Waals surface area contributed by atoms with Gasteiger partial charge in [0.15, 0.2) is 0 Å². The first kappa shape index (κ1) is 17.0. The highest BCUT2D eigenvalue weighted by atomic mass is 16.2. The van der Waals surface area contributed by atoms with Gasteiger partial charge in [-0.3, -0.25) is 14.3 Å². The molecule has 4 rings (SSSR count). The van der Waals surface area contributed by atoms with Gasteiger partial charge in [0.2, 0.25) is 5.91 Å². The van der Waals surface area contributed by atoms with Crippen LogP contribution in [0.5, 0.6) is 0 Å². The molecule has 0 fully saturated rings. The van der Waals surface area contributed by atoms with E-state index in [0.29, 0.717) is 25.3 Å². The summed E-state index contributed by atoms with van der Waals surface area (Å²) in [6.07, 6.45) is 0. The molecule has 2 aromatic carbocycles. The SMILES string of the molecule is O=C(CN1CCn2nc(-c3ccccc3)cc2C1=O)NCc1ccccc1. The fraction of sp³-hybridized carbons (Fsp3) is 0.190. The molecule has 27 heavy (non-hydrogen) atoms. The van der Waals surface area contributed by atoms with Gasteiger partial charge in [0.1, 0.15) is 5.69 Å². The largest absolute Gasteiger partial charge is 0.350 e. The Bertz CT molecular complexity index is 951. The van der Waals surface area contributed by atoms with Crippen LogP contribution in [0.1, 0.15) is 16.1 Å². The number of benzene rings is 2. The normalized spacial score (nSPS) is 13.3. The summed E-state index contributed by atoms with van der Waals surface area (Å²) in [5, 5.41) is 7.40. The fourth-order valence-corrected chi connectivity index (χ4v) is 3.16. The smallest absolute Gasteiger partial charge is 0.272 e. The lowest BCUT2D eigenvalue weighted by Crippen LogP contribution is -2.45. The van der Waals surface area contributed by atoms with Crippen LogP contribution in [0.3, 0.4) is 0 Å². The molecule has 0 bridgehead atoms. The zero-order chi connectivity index (χ0) is 18.6. The first-order chi connectivity index (χ1) is 13.2. The number of rotatable bonds is 5. The monoisotopic (exact) mass is 360 g/mol. The highest BCUT2D eigenvalue weighted by molar-refractivity contribution is 5.96. The van der Waals surface area contributed by atoms with Gasteiger partial charge in [0.05, 0.1) is 18.8 Å². The van der Waals surface area contributed by atoms with Gasteiger partial charge in [-0.25, -0.2) is 0 Å². The summed E-state index contributed by atoms with van der Waals surface area (Å²) >= 11 is 0. The molecule has 2 heterocycles. The minimum atomic E-state index is -0.163. The number of nitrogens with one attached hydrogen (secondary N) is 1. The number of fused-ring (bicyclic) bond motifs is 1. The minimum absolute atomic E-state index is 0.0531. The third-order valence-electron chi connectivity index (χ3n) is 4.60. The summed E-state index contributed by atoms with van der Waals surface area (Å²) < 4.78 is 1.73. The Hall–Kier alpha value is -3.41. The molecule has 0 atom stereocenters. The molecule has 0 spiro atoms. The number of nitrogens with zero attached hydrogens (tertiary/aromatic N) is 3. The van der Waals surface area contributed by atoms with E-state index in [9.17, 15) is 9.59 Å². The maximum absolute atomic E-state index is 12.8. The molecule has 1 aliphatic heterocycles. The predicted octanol–water partition coefficient (Wildman–Crippen LogP) is 2.32. The quantitative estimate of drug-likeness (QED) is 0.759. The maximum Gasteiger partial charge on any atom is 0.272 e. The molecule has 0 radical (unpaired) electrons. The summed E-state index contributed by atoms with van der Waals surface area (Å²) in [5.74, 6) is -0.325. The molecule has 0 aliphatic carbocycles. The van der Waals surface area contributed by atoms with Crippen molar-refractivity contribution in [3.8, 4) is 11.3 Å². The predicted molar refractivity (Wildman–Crippen MR) is 102 cm³/mol. The van der Waals surface area contributed by atoms with Crippen LogP contribution < -0.4 is 5.32 Å². The van der Waals surface area contributed by atoms with E-state index in [0.717, 1.165) is 16.8 Å². The molecule has 136 valence electrons. The number of carbonyl (C=O) groups is 2. The molecule has 6 nitrogen and oxygen atoms in total. The average Bonchev–Trinajstić information content (AvgIpc) is 3.15. The highest BCUT2D eigenvalue weighted by Gasteiger charge is 2.27. The molecular weight excluding hydrogens is 340 g/mol. The van der Waals surface area contributed by atoms with Crippen LogP contribution >= 0.6 is 0 Å². The topological polar surface area (TPSA) is 67.2 Å². The summed E-state index contributed by atoms with van der Waals surface area (Å²) in [5.41, 5.74) is 3.30. The van der Waals surface area contributed by atoms with Gasteiger partial charge in [0, 0.05) is 18.7 Å². The van der Waals surface area contributed by atoms with Gasteiger partial charge in [0.25, 0.3) is 5.91 Å². The molecule has 0 unspecified atom stereocenters. The molecule has 1 N–H and O–H groups in total. The number of hydrogen-bond donors (Lipinski definition) is 1. The van der Waals surface area contributed by atoms with Crippen LogP contribution in [0.15, 0.2) is 66.7 Å². The summed E-state index contributed by atoms with van der Waals surface area (Å²) in [4.78, 5) is 26.6. The number of carbonyl (C=O) groups excluding carboxylic acids is 2. The molecule has 1 aromatic heterocycles. The van der Waals surface area contributed by atoms with Gasteiger partial charge in [-0.15, -0.1) is 0 Å². The number of aromatic nitrogens is 2. The van der Waals surface area contributed by atoms with Crippen molar-refractivity contribution in [1.82, 2.24) is 20.0 Å². The maximum atomic E-state index is 12.8. The number of amides is 2. The second-order valence-corrected chi connectivity index (χ2v) is 6.49. The lowest BCUT2D eigenvalue weighted by molar-refractivity contribution is -0.122. The van der Waals surface area contributed by atoms with E-state index >= 15 is 0 Å². The van der Waals surface area contributed by atoms with Crippen molar-refractivity contribution < 1.29 is 9.59 Å². The second kappa shape index (κ2) is 7.45. The summed E-state index contributed by atoms with van der Waals surface area (Å²) in [6.45, 7) is 1.57. The van der Waals surface area contributed by atoms with Gasteiger partial charge in [-0.2, -0.15) is 5.10 Å². The second-order valence-electron chi connectivity index (χ2n) is 6.49. The lowest BCUT2D eigenvalue weighted by Gasteiger charge is -2.26. The van der Waals surface area contributed by atoms with Gasteiger partial charge in [-0.1, -0.05) is 60.7 Å². The molecule has 1 aliphatic rings. The third kappa shape index (κ3) is 3.74. The van der Waals surface area contributed by atoms with Gasteiger partial charge in [-0.05, 0) is 11.6 Å². The zero-order valence-electron chi connectivity index (χ0n) is 14.8. The zero-order valence-corrected chi connectivity index (χ0v) is 14.8. The van der Waals surface area contributed by atoms with Crippen LogP contribution in [0, 0.1) is 0 Å². The Morgan fingerprint density at radius 3 is 2.44 bits per heavy atom. The highest BCUT2D eigenvalue weighted by Crippen LogP contribution is 2.21. The van der Waals surface area contributed by atoms with E-state index in [4.69, 9.17) is 0 Å². The number of hydrogen-bond acceptors (Lipinski definition) is 3. The fourth-order valence-electron chi connectivity index (χ4n) is 3.16. The van der Waals surface area contributed by atoms with Crippen molar-refractivity contribution in [2.24, 2.45) is 0 Å². The van der Waals surface area contributed by atoms with Crippen LogP contribution in [0.4, 0.5) is 0 Å². The van der Waals surface area contributed by atoms with Crippen molar-refractivity contribution >= 4 is 11.8 Å².